The van der Waals surface area contributed by atoms with Crippen LogP contribution in [0, 0.1) is 0 Å². The summed E-state index contributed by atoms with van der Waals surface area (Å²) >= 11 is 0. The average molecular weight is 343 g/mol. The zero-order chi connectivity index (χ0) is 16.7. The predicted molar refractivity (Wildman–Crippen MR) is 87.4 cm³/mol. The highest BCUT2D eigenvalue weighted by Gasteiger charge is 2.26. The average Bonchev–Trinajstić information content (AvgIpc) is 3.02. The Morgan fingerprint density at radius 3 is 2.91 bits per heavy atom. The van der Waals surface area contributed by atoms with Gasteiger partial charge in [-0.3, -0.25) is 0 Å². The molecule has 2 amide bonds. The fraction of sp³-hybridized carbons (Fsp3) is 0.714. The van der Waals surface area contributed by atoms with E-state index in [2.05, 4.69) is 15.0 Å². The van der Waals surface area contributed by atoms with Crippen molar-refractivity contribution < 1.29 is 13.2 Å². The number of likely N-dealkylation sites (tertiary alicyclic amines) is 1. The summed E-state index contributed by atoms with van der Waals surface area (Å²) in [5.74, 6) is 0. The lowest BCUT2D eigenvalue weighted by atomic mass is 10.0. The minimum absolute atomic E-state index is 0.0767. The maximum absolute atomic E-state index is 12.3. The van der Waals surface area contributed by atoms with Gasteiger partial charge < -0.3 is 14.8 Å². The molecule has 0 unspecified atom stereocenters. The van der Waals surface area contributed by atoms with Crippen LogP contribution in [0.25, 0.3) is 0 Å². The topological polar surface area (TPSA) is 96.3 Å². The zero-order valence-corrected chi connectivity index (χ0v) is 14.3. The van der Waals surface area contributed by atoms with Gasteiger partial charge in [-0.15, -0.1) is 0 Å². The highest BCUT2D eigenvalue weighted by Crippen LogP contribution is 2.16. The lowest BCUT2D eigenvalue weighted by Crippen LogP contribution is -2.52. The molecule has 130 valence electrons. The van der Waals surface area contributed by atoms with Gasteiger partial charge in [-0.1, -0.05) is 0 Å². The molecule has 1 fully saturated rings. The van der Waals surface area contributed by atoms with Gasteiger partial charge in [-0.25, -0.2) is 22.9 Å². The summed E-state index contributed by atoms with van der Waals surface area (Å²) in [4.78, 5) is 18.0. The Bertz CT molecular complexity index is 588. The number of carbonyl (C=O) groups excluding carboxylic acids is 1. The molecular weight excluding hydrogens is 318 g/mol. The lowest BCUT2D eigenvalue weighted by Gasteiger charge is -2.35. The van der Waals surface area contributed by atoms with Crippen molar-refractivity contribution in [2.45, 2.75) is 38.3 Å². The van der Waals surface area contributed by atoms with Crippen LogP contribution >= 0.6 is 0 Å². The van der Waals surface area contributed by atoms with E-state index in [9.17, 15) is 13.2 Å². The summed E-state index contributed by atoms with van der Waals surface area (Å²) in [6.07, 6.45) is 10.1. The predicted octanol–water partition coefficient (Wildman–Crippen LogP) is 0.387. The van der Waals surface area contributed by atoms with Gasteiger partial charge in [0.1, 0.15) is 0 Å². The third kappa shape index (κ3) is 6.19. The molecule has 2 N–H and O–H groups in total. The van der Waals surface area contributed by atoms with Crippen molar-refractivity contribution >= 4 is 16.1 Å². The second kappa shape index (κ2) is 8.30. The first-order valence-corrected chi connectivity index (χ1v) is 9.80. The van der Waals surface area contributed by atoms with Gasteiger partial charge >= 0.3 is 6.03 Å². The molecule has 1 saturated heterocycles. The second-order valence-electron chi connectivity index (χ2n) is 5.85. The lowest BCUT2D eigenvalue weighted by molar-refractivity contribution is 0.152. The number of imidazole rings is 1. The highest BCUT2D eigenvalue weighted by atomic mass is 32.2. The van der Waals surface area contributed by atoms with Crippen LogP contribution in [0.5, 0.6) is 0 Å². The third-order valence-corrected chi connectivity index (χ3v) is 4.59. The molecule has 23 heavy (non-hydrogen) atoms. The van der Waals surface area contributed by atoms with Crippen molar-refractivity contribution in [1.29, 1.82) is 0 Å². The SMILES string of the molecule is CS(=O)(=O)NC[C@H]1CCCCN1C(=O)NCCCn1ccnc1. The van der Waals surface area contributed by atoms with Crippen molar-refractivity contribution in [3.63, 3.8) is 0 Å². The number of nitrogens with zero attached hydrogens (tertiary/aromatic N) is 3. The number of urea groups is 1. The molecule has 0 aliphatic carbocycles. The number of hydrogen-bond donors (Lipinski definition) is 2. The van der Waals surface area contributed by atoms with E-state index in [1.54, 1.807) is 17.4 Å². The number of piperidine rings is 1. The van der Waals surface area contributed by atoms with Crippen LogP contribution in [0.2, 0.25) is 0 Å². The van der Waals surface area contributed by atoms with Gasteiger partial charge in [0, 0.05) is 44.6 Å². The molecule has 0 radical (unpaired) electrons. The Labute approximate surface area is 137 Å². The summed E-state index contributed by atoms with van der Waals surface area (Å²) < 4.78 is 26.9. The van der Waals surface area contributed by atoms with E-state index in [4.69, 9.17) is 0 Å². The van der Waals surface area contributed by atoms with E-state index in [0.717, 1.165) is 38.5 Å². The Kier molecular flexibility index (Phi) is 6.40. The first-order chi connectivity index (χ1) is 11.0. The van der Waals surface area contributed by atoms with Crippen molar-refractivity contribution in [1.82, 2.24) is 24.5 Å². The maximum atomic E-state index is 12.3. The van der Waals surface area contributed by atoms with Crippen molar-refractivity contribution in [3.05, 3.63) is 18.7 Å². The minimum Gasteiger partial charge on any atom is -0.338 e. The van der Waals surface area contributed by atoms with Crippen molar-refractivity contribution in [2.75, 3.05) is 25.9 Å². The van der Waals surface area contributed by atoms with E-state index < -0.39 is 10.0 Å². The Balaban J connectivity index is 1.75. The van der Waals surface area contributed by atoms with Gasteiger partial charge in [0.15, 0.2) is 0 Å². The van der Waals surface area contributed by atoms with Crippen LogP contribution in [0.3, 0.4) is 0 Å². The van der Waals surface area contributed by atoms with Gasteiger partial charge in [0.05, 0.1) is 12.6 Å². The number of aromatic nitrogens is 2. The highest BCUT2D eigenvalue weighted by molar-refractivity contribution is 7.88. The monoisotopic (exact) mass is 343 g/mol. The number of nitrogens with one attached hydrogen (secondary N) is 2. The Morgan fingerprint density at radius 1 is 1.39 bits per heavy atom. The van der Waals surface area contributed by atoms with Crippen LogP contribution in [0.4, 0.5) is 4.79 Å². The molecule has 0 aromatic carbocycles. The van der Waals surface area contributed by atoms with E-state index in [1.165, 1.54) is 0 Å². The first kappa shape index (κ1) is 17.7. The Hall–Kier alpha value is -1.61. The molecule has 2 heterocycles. The Morgan fingerprint density at radius 2 is 2.22 bits per heavy atom. The second-order valence-corrected chi connectivity index (χ2v) is 7.68. The molecule has 2 rings (SSSR count). The fourth-order valence-corrected chi connectivity index (χ4v) is 3.20. The quantitative estimate of drug-likeness (QED) is 0.700. The normalized spacial score (nSPS) is 18.8. The standard InChI is InChI=1S/C14H25N5O3S/c1-23(21,22)17-11-13-5-2-3-9-19(13)14(20)16-6-4-8-18-10-7-15-12-18/h7,10,12-13,17H,2-6,8-9,11H2,1H3,(H,16,20)/t13-/m1/s1. The minimum atomic E-state index is -3.24. The number of aryl methyl sites for hydroxylation is 1. The summed E-state index contributed by atoms with van der Waals surface area (Å²) in [5.41, 5.74) is 0. The zero-order valence-electron chi connectivity index (χ0n) is 13.4. The molecule has 1 atom stereocenters. The number of amides is 2. The van der Waals surface area contributed by atoms with E-state index >= 15 is 0 Å². The summed E-state index contributed by atoms with van der Waals surface area (Å²) in [6, 6.07) is -0.192. The van der Waals surface area contributed by atoms with Crippen LogP contribution in [0.15, 0.2) is 18.7 Å². The molecule has 0 saturated carbocycles. The van der Waals surface area contributed by atoms with Crippen molar-refractivity contribution in [2.24, 2.45) is 0 Å². The number of carbonyl (C=O) groups is 1. The molecule has 8 nitrogen and oxygen atoms in total. The van der Waals surface area contributed by atoms with Gasteiger partial charge in [0.25, 0.3) is 0 Å². The van der Waals surface area contributed by atoms with Gasteiger partial charge in [0.2, 0.25) is 10.0 Å². The van der Waals surface area contributed by atoms with E-state index in [1.807, 2.05) is 10.8 Å². The third-order valence-electron chi connectivity index (χ3n) is 3.90. The molecule has 1 aliphatic rings. The summed E-state index contributed by atoms with van der Waals surface area (Å²) in [7, 11) is -3.24. The van der Waals surface area contributed by atoms with Crippen LogP contribution in [-0.2, 0) is 16.6 Å². The molecule has 0 spiro atoms. The molecular formula is C14H25N5O3S. The molecule has 1 aromatic heterocycles. The maximum Gasteiger partial charge on any atom is 0.317 e. The van der Waals surface area contributed by atoms with E-state index in [0.29, 0.717) is 13.1 Å². The van der Waals surface area contributed by atoms with Crippen LogP contribution in [-0.4, -0.2) is 60.8 Å². The molecule has 1 aliphatic heterocycles. The van der Waals surface area contributed by atoms with Gasteiger partial charge in [-0.05, 0) is 25.7 Å². The molecule has 9 heteroatoms. The summed E-state index contributed by atoms with van der Waals surface area (Å²) in [6.45, 7) is 2.34. The molecule has 0 bridgehead atoms. The van der Waals surface area contributed by atoms with E-state index in [-0.39, 0.29) is 18.6 Å². The number of sulfonamides is 1. The van der Waals surface area contributed by atoms with Crippen LogP contribution in [0.1, 0.15) is 25.7 Å². The number of hydrogen-bond acceptors (Lipinski definition) is 4. The van der Waals surface area contributed by atoms with Crippen LogP contribution < -0.4 is 10.0 Å². The van der Waals surface area contributed by atoms with Crippen molar-refractivity contribution in [3.8, 4) is 0 Å². The van der Waals surface area contributed by atoms with Gasteiger partial charge in [-0.2, -0.15) is 0 Å². The fourth-order valence-electron chi connectivity index (χ4n) is 2.71. The molecule has 1 aromatic rings. The smallest absolute Gasteiger partial charge is 0.317 e. The largest absolute Gasteiger partial charge is 0.338 e. The summed E-state index contributed by atoms with van der Waals surface area (Å²) in [5, 5.41) is 2.92. The first-order valence-electron chi connectivity index (χ1n) is 7.90. The number of rotatable bonds is 7.